The van der Waals surface area contributed by atoms with Crippen molar-refractivity contribution in [3.63, 3.8) is 0 Å². The van der Waals surface area contributed by atoms with E-state index in [-0.39, 0.29) is 0 Å². The molecule has 0 unspecified atom stereocenters. The van der Waals surface area contributed by atoms with Crippen molar-refractivity contribution in [1.29, 1.82) is 0 Å². The van der Waals surface area contributed by atoms with E-state index in [0.29, 0.717) is 5.02 Å². The first-order chi connectivity index (χ1) is 7.22. The summed E-state index contributed by atoms with van der Waals surface area (Å²) in [6.45, 7) is 5.82. The second-order valence-electron chi connectivity index (χ2n) is 3.60. The molecule has 0 fully saturated rings. The molecule has 1 aromatic carbocycles. The minimum atomic E-state index is 0.679. The van der Waals surface area contributed by atoms with E-state index in [9.17, 15) is 0 Å². The molecular formula is C12H14ClNO. The van der Waals surface area contributed by atoms with Gasteiger partial charge in [-0.15, -0.1) is 0 Å². The summed E-state index contributed by atoms with van der Waals surface area (Å²) in [5, 5.41) is 5.01. The summed E-state index contributed by atoms with van der Waals surface area (Å²) in [4.78, 5) is 0. The van der Waals surface area contributed by atoms with Crippen LogP contribution in [0.3, 0.4) is 0 Å². The van der Waals surface area contributed by atoms with Gasteiger partial charge in [-0.25, -0.2) is 0 Å². The molecule has 0 amide bonds. The molecule has 2 aromatic rings. The fraction of sp³-hybridized carbons (Fsp3) is 0.333. The molecule has 1 heterocycles. The van der Waals surface area contributed by atoms with Crippen LogP contribution in [-0.4, -0.2) is 6.54 Å². The lowest BCUT2D eigenvalue weighted by atomic mass is 10.1. The van der Waals surface area contributed by atoms with Crippen molar-refractivity contribution in [2.24, 2.45) is 0 Å². The highest BCUT2D eigenvalue weighted by molar-refractivity contribution is 6.34. The molecule has 1 aromatic heterocycles. The summed E-state index contributed by atoms with van der Waals surface area (Å²) in [6.07, 6.45) is 0. The first kappa shape index (κ1) is 10.5. The highest BCUT2D eigenvalue weighted by Crippen LogP contribution is 2.29. The average molecular weight is 224 g/mol. The van der Waals surface area contributed by atoms with Crippen LogP contribution in [-0.2, 0) is 6.54 Å². The van der Waals surface area contributed by atoms with E-state index in [0.717, 1.165) is 29.8 Å². The van der Waals surface area contributed by atoms with Crippen LogP contribution in [0.2, 0.25) is 5.02 Å². The Hall–Kier alpha value is -0.990. The summed E-state index contributed by atoms with van der Waals surface area (Å²) >= 11 is 6.06. The van der Waals surface area contributed by atoms with Crippen LogP contribution in [0.1, 0.15) is 18.2 Å². The van der Waals surface area contributed by atoms with Crippen molar-refractivity contribution in [2.45, 2.75) is 20.4 Å². The quantitative estimate of drug-likeness (QED) is 0.862. The zero-order valence-electron chi connectivity index (χ0n) is 8.93. The van der Waals surface area contributed by atoms with Crippen molar-refractivity contribution in [3.8, 4) is 0 Å². The summed E-state index contributed by atoms with van der Waals surface area (Å²) in [7, 11) is 0. The zero-order chi connectivity index (χ0) is 10.8. The Balaban J connectivity index is 2.45. The van der Waals surface area contributed by atoms with Gasteiger partial charge in [-0.3, -0.25) is 0 Å². The molecule has 1 N–H and O–H groups in total. The van der Waals surface area contributed by atoms with Crippen LogP contribution in [0, 0.1) is 6.92 Å². The minimum absolute atomic E-state index is 0.679. The van der Waals surface area contributed by atoms with Gasteiger partial charge in [-0.2, -0.15) is 0 Å². The third-order valence-corrected chi connectivity index (χ3v) is 2.75. The Morgan fingerprint density at radius 1 is 1.40 bits per heavy atom. The Morgan fingerprint density at radius 2 is 2.20 bits per heavy atom. The molecule has 0 saturated carbocycles. The molecule has 0 aliphatic heterocycles. The minimum Gasteiger partial charge on any atom is -0.458 e. The van der Waals surface area contributed by atoms with Crippen LogP contribution < -0.4 is 5.32 Å². The Bertz CT molecular complexity index is 437. The second-order valence-corrected chi connectivity index (χ2v) is 4.01. The fourth-order valence-corrected chi connectivity index (χ4v) is 1.81. The van der Waals surface area contributed by atoms with E-state index in [1.807, 2.05) is 12.1 Å². The Morgan fingerprint density at radius 3 is 2.87 bits per heavy atom. The SMILES string of the molecule is CCNCc1cc2c(C)ccc(Cl)c2o1. The van der Waals surface area contributed by atoms with Crippen molar-refractivity contribution in [1.82, 2.24) is 5.32 Å². The van der Waals surface area contributed by atoms with Gasteiger partial charge >= 0.3 is 0 Å². The lowest BCUT2D eigenvalue weighted by Crippen LogP contribution is -2.10. The van der Waals surface area contributed by atoms with E-state index >= 15 is 0 Å². The third kappa shape index (κ3) is 2.01. The molecule has 80 valence electrons. The van der Waals surface area contributed by atoms with Crippen molar-refractivity contribution in [3.05, 3.63) is 34.5 Å². The number of halogens is 1. The molecule has 15 heavy (non-hydrogen) atoms. The highest BCUT2D eigenvalue weighted by Gasteiger charge is 2.08. The van der Waals surface area contributed by atoms with Gasteiger partial charge in [-0.05, 0) is 31.2 Å². The van der Waals surface area contributed by atoms with E-state index in [4.69, 9.17) is 16.0 Å². The summed E-state index contributed by atoms with van der Waals surface area (Å²) < 4.78 is 5.69. The standard InChI is InChI=1S/C12H14ClNO/c1-3-14-7-9-6-10-8(2)4-5-11(13)12(10)15-9/h4-6,14H,3,7H2,1-2H3. The predicted octanol–water partition coefficient (Wildman–Crippen LogP) is 3.50. The number of benzene rings is 1. The molecule has 0 aliphatic rings. The maximum Gasteiger partial charge on any atom is 0.153 e. The molecule has 2 nitrogen and oxygen atoms in total. The number of aryl methyl sites for hydroxylation is 1. The first-order valence-electron chi connectivity index (χ1n) is 5.10. The van der Waals surface area contributed by atoms with Crippen LogP contribution in [0.4, 0.5) is 0 Å². The van der Waals surface area contributed by atoms with E-state index in [1.54, 1.807) is 0 Å². The summed E-state index contributed by atoms with van der Waals surface area (Å²) in [5.74, 6) is 0.933. The Labute approximate surface area is 94.2 Å². The van der Waals surface area contributed by atoms with Gasteiger partial charge in [0.25, 0.3) is 0 Å². The van der Waals surface area contributed by atoms with Gasteiger partial charge < -0.3 is 9.73 Å². The van der Waals surface area contributed by atoms with Crippen molar-refractivity contribution in [2.75, 3.05) is 6.54 Å². The van der Waals surface area contributed by atoms with Gasteiger partial charge in [0.15, 0.2) is 5.58 Å². The van der Waals surface area contributed by atoms with Crippen LogP contribution in [0.15, 0.2) is 22.6 Å². The largest absolute Gasteiger partial charge is 0.458 e. The predicted molar refractivity (Wildman–Crippen MR) is 63.3 cm³/mol. The van der Waals surface area contributed by atoms with Gasteiger partial charge in [0.1, 0.15) is 5.76 Å². The van der Waals surface area contributed by atoms with Crippen LogP contribution >= 0.6 is 11.6 Å². The number of fused-ring (bicyclic) bond motifs is 1. The molecule has 0 aliphatic carbocycles. The summed E-state index contributed by atoms with van der Waals surface area (Å²) in [6, 6.07) is 5.94. The summed E-state index contributed by atoms with van der Waals surface area (Å²) in [5.41, 5.74) is 1.99. The lowest BCUT2D eigenvalue weighted by Gasteiger charge is -1.96. The third-order valence-electron chi connectivity index (χ3n) is 2.45. The second kappa shape index (κ2) is 4.25. The zero-order valence-corrected chi connectivity index (χ0v) is 9.69. The molecule has 2 rings (SSSR count). The number of rotatable bonds is 3. The number of furan rings is 1. The van der Waals surface area contributed by atoms with Crippen molar-refractivity contribution < 1.29 is 4.42 Å². The van der Waals surface area contributed by atoms with E-state index in [2.05, 4.69) is 25.2 Å². The average Bonchev–Trinajstić information content (AvgIpc) is 2.66. The van der Waals surface area contributed by atoms with E-state index < -0.39 is 0 Å². The molecule has 0 spiro atoms. The van der Waals surface area contributed by atoms with Crippen LogP contribution in [0.5, 0.6) is 0 Å². The molecule has 0 atom stereocenters. The normalized spacial score (nSPS) is 11.1. The lowest BCUT2D eigenvalue weighted by molar-refractivity contribution is 0.520. The maximum absolute atomic E-state index is 6.06. The molecule has 3 heteroatoms. The smallest absolute Gasteiger partial charge is 0.153 e. The fourth-order valence-electron chi connectivity index (χ4n) is 1.61. The number of hydrogen-bond acceptors (Lipinski definition) is 2. The first-order valence-corrected chi connectivity index (χ1v) is 5.48. The van der Waals surface area contributed by atoms with Crippen molar-refractivity contribution >= 4 is 22.6 Å². The topological polar surface area (TPSA) is 25.2 Å². The monoisotopic (exact) mass is 223 g/mol. The molecule has 0 bridgehead atoms. The van der Waals surface area contributed by atoms with E-state index in [1.165, 1.54) is 5.56 Å². The van der Waals surface area contributed by atoms with Gasteiger partial charge in [-0.1, -0.05) is 24.6 Å². The highest BCUT2D eigenvalue weighted by atomic mass is 35.5. The maximum atomic E-state index is 6.06. The number of hydrogen-bond donors (Lipinski definition) is 1. The molecule has 0 saturated heterocycles. The van der Waals surface area contributed by atoms with Gasteiger partial charge in [0, 0.05) is 5.39 Å². The number of nitrogens with one attached hydrogen (secondary N) is 1. The van der Waals surface area contributed by atoms with Gasteiger partial charge in [0.05, 0.1) is 11.6 Å². The molecule has 0 radical (unpaired) electrons. The molecular weight excluding hydrogens is 210 g/mol. The van der Waals surface area contributed by atoms with Crippen LogP contribution in [0.25, 0.3) is 11.0 Å². The Kier molecular flexibility index (Phi) is 2.98. The van der Waals surface area contributed by atoms with Gasteiger partial charge in [0.2, 0.25) is 0 Å².